The topological polar surface area (TPSA) is 38.1 Å². The molecule has 0 aliphatic heterocycles. The first kappa shape index (κ1) is 14.9. The molecule has 1 aromatic heterocycles. The van der Waals surface area contributed by atoms with Crippen molar-refractivity contribution in [2.75, 3.05) is 0 Å². The fraction of sp³-hybridized carbons (Fsp3) is 0.444. The molecule has 0 bridgehead atoms. The molecule has 1 amide bonds. The van der Waals surface area contributed by atoms with Gasteiger partial charge in [-0.05, 0) is 42.9 Å². The normalized spacial score (nSPS) is 22.9. The quantitative estimate of drug-likeness (QED) is 0.804. The van der Waals surface area contributed by atoms with E-state index >= 15 is 0 Å². The number of carbonyl (C=O) groups excluding carboxylic acids is 1. The van der Waals surface area contributed by atoms with Crippen molar-refractivity contribution >= 4 is 21.8 Å². The number of aryl methyl sites for hydroxylation is 1. The molecule has 2 aliphatic rings. The van der Waals surface area contributed by atoms with Crippen LogP contribution in [0.25, 0.3) is 0 Å². The summed E-state index contributed by atoms with van der Waals surface area (Å²) >= 11 is 3.47. The minimum atomic E-state index is 0.150. The van der Waals surface area contributed by atoms with E-state index in [1.54, 1.807) is 6.20 Å². The van der Waals surface area contributed by atoms with Crippen molar-refractivity contribution in [3.05, 3.63) is 52.5 Å². The van der Waals surface area contributed by atoms with Gasteiger partial charge < -0.3 is 9.47 Å². The van der Waals surface area contributed by atoms with Gasteiger partial charge in [0.05, 0.1) is 6.54 Å². The summed E-state index contributed by atoms with van der Waals surface area (Å²) in [6.45, 7) is 0.635. The van der Waals surface area contributed by atoms with Crippen LogP contribution in [0, 0.1) is 5.92 Å². The molecule has 4 nitrogen and oxygen atoms in total. The van der Waals surface area contributed by atoms with E-state index in [2.05, 4.69) is 50.1 Å². The van der Waals surface area contributed by atoms with Gasteiger partial charge in [0, 0.05) is 35.9 Å². The molecular formula is C18H20BrN3O. The van der Waals surface area contributed by atoms with Crippen LogP contribution in [0.1, 0.15) is 36.6 Å². The molecule has 4 rings (SSSR count). The van der Waals surface area contributed by atoms with Crippen LogP contribution in [-0.2, 0) is 18.4 Å². The summed E-state index contributed by atoms with van der Waals surface area (Å²) in [7, 11) is 1.99. The number of halogens is 1. The lowest BCUT2D eigenvalue weighted by molar-refractivity contribution is -0.134. The Labute approximate surface area is 144 Å². The van der Waals surface area contributed by atoms with Crippen molar-refractivity contribution in [3.63, 3.8) is 0 Å². The predicted molar refractivity (Wildman–Crippen MR) is 91.8 cm³/mol. The van der Waals surface area contributed by atoms with Gasteiger partial charge in [0.1, 0.15) is 5.82 Å². The van der Waals surface area contributed by atoms with Gasteiger partial charge in [0.15, 0.2) is 0 Å². The number of benzene rings is 1. The molecule has 2 unspecified atom stereocenters. The Morgan fingerprint density at radius 3 is 2.70 bits per heavy atom. The first-order valence-corrected chi connectivity index (χ1v) is 8.95. The van der Waals surface area contributed by atoms with E-state index in [1.165, 1.54) is 5.56 Å². The molecule has 120 valence electrons. The lowest BCUT2D eigenvalue weighted by Crippen LogP contribution is -2.35. The maximum absolute atomic E-state index is 13.0. The molecule has 0 N–H and O–H groups in total. The molecule has 0 spiro atoms. The lowest BCUT2D eigenvalue weighted by Gasteiger charge is -2.22. The third kappa shape index (κ3) is 3.07. The smallest absolute Gasteiger partial charge is 0.226 e. The Hall–Kier alpha value is -1.62. The van der Waals surface area contributed by atoms with E-state index in [-0.39, 0.29) is 5.92 Å². The van der Waals surface area contributed by atoms with Crippen molar-refractivity contribution in [3.8, 4) is 0 Å². The molecule has 2 aliphatic carbocycles. The Morgan fingerprint density at radius 1 is 1.35 bits per heavy atom. The van der Waals surface area contributed by atoms with E-state index in [0.29, 0.717) is 24.4 Å². The zero-order chi connectivity index (χ0) is 16.0. The number of rotatable bonds is 5. The zero-order valence-corrected chi connectivity index (χ0v) is 14.7. The largest absolute Gasteiger partial charge is 0.337 e. The molecule has 23 heavy (non-hydrogen) atoms. The number of hydrogen-bond donors (Lipinski definition) is 0. The minimum absolute atomic E-state index is 0.150. The van der Waals surface area contributed by atoms with Crippen LogP contribution < -0.4 is 0 Å². The number of hydrogen-bond acceptors (Lipinski definition) is 2. The summed E-state index contributed by atoms with van der Waals surface area (Å²) in [5.41, 5.74) is 1.28. The molecule has 2 fully saturated rings. The summed E-state index contributed by atoms with van der Waals surface area (Å²) in [6.07, 6.45) is 6.97. The Kier molecular flexibility index (Phi) is 3.76. The van der Waals surface area contributed by atoms with E-state index in [9.17, 15) is 4.79 Å². The molecule has 0 radical (unpaired) electrons. The minimum Gasteiger partial charge on any atom is -0.337 e. The Morgan fingerprint density at radius 2 is 2.09 bits per heavy atom. The monoisotopic (exact) mass is 373 g/mol. The second kappa shape index (κ2) is 5.78. The number of carbonyl (C=O) groups is 1. The van der Waals surface area contributed by atoms with Crippen molar-refractivity contribution in [1.29, 1.82) is 0 Å². The van der Waals surface area contributed by atoms with Gasteiger partial charge in [-0.3, -0.25) is 4.79 Å². The van der Waals surface area contributed by atoms with Gasteiger partial charge in [-0.1, -0.05) is 28.1 Å². The van der Waals surface area contributed by atoms with Crippen LogP contribution in [0.5, 0.6) is 0 Å². The average Bonchev–Trinajstić information content (AvgIpc) is 3.44. The fourth-order valence-corrected chi connectivity index (χ4v) is 3.50. The zero-order valence-electron chi connectivity index (χ0n) is 13.2. The highest BCUT2D eigenvalue weighted by atomic mass is 79.9. The van der Waals surface area contributed by atoms with Crippen LogP contribution in [0.3, 0.4) is 0 Å². The van der Waals surface area contributed by atoms with Gasteiger partial charge >= 0.3 is 0 Å². The van der Waals surface area contributed by atoms with Crippen LogP contribution in [0.2, 0.25) is 0 Å². The number of aromatic nitrogens is 2. The van der Waals surface area contributed by atoms with Crippen LogP contribution in [-0.4, -0.2) is 26.4 Å². The first-order chi connectivity index (χ1) is 11.1. The standard InChI is InChI=1S/C18H20BrN3O/c1-21-9-8-20-17(21)11-22(14-6-7-14)18(23)16-10-15(16)12-2-4-13(19)5-3-12/h2-5,8-9,14-16H,6-7,10-11H2,1H3. The molecule has 0 saturated heterocycles. The van der Waals surface area contributed by atoms with Gasteiger partial charge in [-0.15, -0.1) is 0 Å². The molecule has 2 atom stereocenters. The average molecular weight is 374 g/mol. The van der Waals surface area contributed by atoms with E-state index < -0.39 is 0 Å². The summed E-state index contributed by atoms with van der Waals surface area (Å²) in [6, 6.07) is 8.79. The second-order valence-corrected chi connectivity index (χ2v) is 7.57. The Bertz CT molecular complexity index is 720. The van der Waals surface area contributed by atoms with Crippen molar-refractivity contribution in [2.45, 2.75) is 37.8 Å². The predicted octanol–water partition coefficient (Wildman–Crippen LogP) is 3.48. The number of nitrogens with zero attached hydrogens (tertiary/aromatic N) is 3. The summed E-state index contributed by atoms with van der Waals surface area (Å²) in [5, 5.41) is 0. The second-order valence-electron chi connectivity index (χ2n) is 6.65. The highest BCUT2D eigenvalue weighted by Crippen LogP contribution is 2.49. The number of imidazole rings is 1. The molecule has 1 aromatic carbocycles. The van der Waals surface area contributed by atoms with Gasteiger partial charge in [0.25, 0.3) is 0 Å². The third-order valence-corrected chi connectivity index (χ3v) is 5.44. The fourth-order valence-electron chi connectivity index (χ4n) is 3.23. The van der Waals surface area contributed by atoms with Crippen LogP contribution in [0.15, 0.2) is 41.1 Å². The van der Waals surface area contributed by atoms with Crippen molar-refractivity contribution in [2.24, 2.45) is 13.0 Å². The summed E-state index contributed by atoms with van der Waals surface area (Å²) < 4.78 is 3.08. The Balaban J connectivity index is 1.47. The van der Waals surface area contributed by atoms with Gasteiger partial charge in [-0.25, -0.2) is 4.98 Å². The highest BCUT2D eigenvalue weighted by molar-refractivity contribution is 9.10. The van der Waals surface area contributed by atoms with E-state index in [1.807, 2.05) is 17.8 Å². The van der Waals surface area contributed by atoms with Gasteiger partial charge in [-0.2, -0.15) is 0 Å². The SMILES string of the molecule is Cn1ccnc1CN(C(=O)C1CC1c1ccc(Br)cc1)C1CC1. The van der Waals surface area contributed by atoms with Gasteiger partial charge in [0.2, 0.25) is 5.91 Å². The number of amides is 1. The summed E-state index contributed by atoms with van der Waals surface area (Å²) in [4.78, 5) is 19.4. The molecule has 2 aromatic rings. The van der Waals surface area contributed by atoms with Crippen molar-refractivity contribution in [1.82, 2.24) is 14.5 Å². The lowest BCUT2D eigenvalue weighted by atomic mass is 10.1. The maximum atomic E-state index is 13.0. The molecule has 2 saturated carbocycles. The van der Waals surface area contributed by atoms with E-state index in [0.717, 1.165) is 29.6 Å². The summed E-state index contributed by atoms with van der Waals surface area (Å²) in [5.74, 6) is 1.81. The maximum Gasteiger partial charge on any atom is 0.226 e. The van der Waals surface area contributed by atoms with Crippen LogP contribution in [0.4, 0.5) is 0 Å². The molecular weight excluding hydrogens is 354 g/mol. The van der Waals surface area contributed by atoms with Crippen molar-refractivity contribution < 1.29 is 4.79 Å². The third-order valence-electron chi connectivity index (χ3n) is 4.91. The molecule has 5 heteroatoms. The van der Waals surface area contributed by atoms with E-state index in [4.69, 9.17) is 0 Å². The molecule has 1 heterocycles. The first-order valence-electron chi connectivity index (χ1n) is 8.15. The van der Waals surface area contributed by atoms with Crippen LogP contribution >= 0.6 is 15.9 Å². The highest BCUT2D eigenvalue weighted by Gasteiger charge is 2.48.